The van der Waals surface area contributed by atoms with Gasteiger partial charge >= 0.3 is 12.6 Å². The second-order valence-electron chi connectivity index (χ2n) is 6.55. The summed E-state index contributed by atoms with van der Waals surface area (Å²) in [6.07, 6.45) is 0. The van der Waals surface area contributed by atoms with Crippen LogP contribution in [0, 0.1) is 11.8 Å². The van der Waals surface area contributed by atoms with Crippen LogP contribution in [0.4, 0.5) is 8.78 Å². The lowest BCUT2D eigenvalue weighted by molar-refractivity contribution is -0.146. The van der Waals surface area contributed by atoms with Crippen LogP contribution >= 0.6 is 0 Å². The molecule has 0 aromatic heterocycles. The number of aliphatic imine (C=N–C) groups is 1. The summed E-state index contributed by atoms with van der Waals surface area (Å²) in [4.78, 5) is 18.5. The van der Waals surface area contributed by atoms with E-state index in [4.69, 9.17) is 9.47 Å². The monoisotopic (exact) mass is 399 g/mol. The summed E-state index contributed by atoms with van der Waals surface area (Å²) in [7, 11) is 2.78. The van der Waals surface area contributed by atoms with Crippen LogP contribution in [0.15, 0.2) is 23.2 Å². The van der Waals surface area contributed by atoms with E-state index in [1.54, 1.807) is 12.1 Å². The van der Waals surface area contributed by atoms with Gasteiger partial charge in [-0.25, -0.2) is 4.99 Å². The zero-order valence-electron chi connectivity index (χ0n) is 16.6. The SMILES string of the molecule is CCNC(=NCc1ccc(OC)c(OC(F)F)c1)N1CC(C)C(C(=O)OC)C1. The average Bonchev–Trinajstić information content (AvgIpc) is 3.05. The third-order valence-corrected chi connectivity index (χ3v) is 4.61. The number of hydrogen-bond acceptors (Lipinski definition) is 5. The first kappa shape index (κ1) is 21.7. The third kappa shape index (κ3) is 5.46. The van der Waals surface area contributed by atoms with Crippen LogP contribution in [0.1, 0.15) is 19.4 Å². The number of alkyl halides is 2. The van der Waals surface area contributed by atoms with Crippen molar-refractivity contribution in [3.8, 4) is 11.5 Å². The van der Waals surface area contributed by atoms with Gasteiger partial charge in [0.25, 0.3) is 0 Å². The van der Waals surface area contributed by atoms with Gasteiger partial charge in [-0.2, -0.15) is 8.78 Å². The third-order valence-electron chi connectivity index (χ3n) is 4.61. The fraction of sp³-hybridized carbons (Fsp3) is 0.579. The van der Waals surface area contributed by atoms with E-state index in [0.717, 1.165) is 0 Å². The standard InChI is InChI=1S/C19H27F2N3O4/c1-5-22-19(24-10-12(2)14(11-24)17(25)27-4)23-9-13-6-7-15(26-3)16(8-13)28-18(20)21/h6-8,12,14,18H,5,9-11H2,1-4H3,(H,22,23). The van der Waals surface area contributed by atoms with Gasteiger partial charge in [-0.15, -0.1) is 0 Å². The van der Waals surface area contributed by atoms with Gasteiger partial charge in [0.05, 0.1) is 26.7 Å². The maximum atomic E-state index is 12.6. The molecule has 0 bridgehead atoms. The lowest BCUT2D eigenvalue weighted by Crippen LogP contribution is -2.40. The van der Waals surface area contributed by atoms with E-state index in [2.05, 4.69) is 15.0 Å². The number of carbonyl (C=O) groups excluding carboxylic acids is 1. The molecule has 1 aliphatic heterocycles. The topological polar surface area (TPSA) is 72.4 Å². The fourth-order valence-corrected chi connectivity index (χ4v) is 3.20. The predicted molar refractivity (Wildman–Crippen MR) is 101 cm³/mol. The molecule has 1 N–H and O–H groups in total. The Morgan fingerprint density at radius 3 is 2.68 bits per heavy atom. The summed E-state index contributed by atoms with van der Waals surface area (Å²) in [5, 5.41) is 3.21. The lowest BCUT2D eigenvalue weighted by atomic mass is 9.99. The molecule has 1 aliphatic rings. The number of benzene rings is 1. The first-order valence-corrected chi connectivity index (χ1v) is 9.12. The number of guanidine groups is 1. The van der Waals surface area contributed by atoms with Crippen LogP contribution in [0.5, 0.6) is 11.5 Å². The van der Waals surface area contributed by atoms with Crippen LogP contribution in [0.2, 0.25) is 0 Å². The van der Waals surface area contributed by atoms with E-state index in [1.165, 1.54) is 20.3 Å². The average molecular weight is 399 g/mol. The molecule has 2 atom stereocenters. The molecule has 0 saturated carbocycles. The Hall–Kier alpha value is -2.58. The Balaban J connectivity index is 2.16. The molecule has 1 heterocycles. The molecule has 1 aromatic carbocycles. The molecule has 0 amide bonds. The highest BCUT2D eigenvalue weighted by atomic mass is 19.3. The minimum absolute atomic E-state index is 0.0317. The van der Waals surface area contributed by atoms with Crippen molar-refractivity contribution in [1.82, 2.24) is 10.2 Å². The van der Waals surface area contributed by atoms with Crippen LogP contribution in [-0.4, -0.2) is 57.3 Å². The molecule has 2 unspecified atom stereocenters. The molecule has 7 nitrogen and oxygen atoms in total. The summed E-state index contributed by atoms with van der Waals surface area (Å²) in [6.45, 7) is 3.13. The molecule has 0 radical (unpaired) electrons. The molecule has 9 heteroatoms. The molecular weight excluding hydrogens is 372 g/mol. The minimum Gasteiger partial charge on any atom is -0.493 e. The van der Waals surface area contributed by atoms with Crippen LogP contribution in [-0.2, 0) is 16.1 Å². The van der Waals surface area contributed by atoms with Gasteiger partial charge in [0.2, 0.25) is 0 Å². The predicted octanol–water partition coefficient (Wildman–Crippen LogP) is 2.50. The van der Waals surface area contributed by atoms with Crippen molar-refractivity contribution >= 4 is 11.9 Å². The number of nitrogens with zero attached hydrogens (tertiary/aromatic N) is 2. The zero-order valence-corrected chi connectivity index (χ0v) is 16.6. The van der Waals surface area contributed by atoms with Crippen molar-refractivity contribution in [2.45, 2.75) is 27.0 Å². The number of methoxy groups -OCH3 is 2. The van der Waals surface area contributed by atoms with E-state index in [1.807, 2.05) is 18.7 Å². The lowest BCUT2D eigenvalue weighted by Gasteiger charge is -2.21. The number of rotatable bonds is 7. The quantitative estimate of drug-likeness (QED) is 0.432. The van der Waals surface area contributed by atoms with Crippen LogP contribution < -0.4 is 14.8 Å². The molecule has 1 fully saturated rings. The summed E-state index contributed by atoms with van der Waals surface area (Å²) >= 11 is 0. The number of ether oxygens (including phenoxy) is 3. The molecule has 0 aliphatic carbocycles. The van der Waals surface area contributed by atoms with Crippen LogP contribution in [0.3, 0.4) is 0 Å². The number of hydrogen-bond donors (Lipinski definition) is 1. The minimum atomic E-state index is -2.94. The van der Waals surface area contributed by atoms with E-state index >= 15 is 0 Å². The molecule has 156 valence electrons. The van der Waals surface area contributed by atoms with Crippen molar-refractivity contribution in [1.29, 1.82) is 0 Å². The van der Waals surface area contributed by atoms with Crippen molar-refractivity contribution in [3.63, 3.8) is 0 Å². The smallest absolute Gasteiger partial charge is 0.387 e. The maximum Gasteiger partial charge on any atom is 0.387 e. The highest BCUT2D eigenvalue weighted by Crippen LogP contribution is 2.30. The summed E-state index contributed by atoms with van der Waals surface area (Å²) in [5.74, 6) is 0.567. The Bertz CT molecular complexity index is 700. The van der Waals surface area contributed by atoms with Crippen LogP contribution in [0.25, 0.3) is 0 Å². The Labute approximate surface area is 163 Å². The summed E-state index contributed by atoms with van der Waals surface area (Å²) in [6, 6.07) is 4.80. The number of likely N-dealkylation sites (tertiary alicyclic amines) is 1. The highest BCUT2D eigenvalue weighted by molar-refractivity contribution is 5.82. The van der Waals surface area contributed by atoms with E-state index in [9.17, 15) is 13.6 Å². The summed E-state index contributed by atoms with van der Waals surface area (Å²) in [5.41, 5.74) is 0.698. The fourth-order valence-electron chi connectivity index (χ4n) is 3.20. The Morgan fingerprint density at radius 1 is 1.32 bits per heavy atom. The summed E-state index contributed by atoms with van der Waals surface area (Å²) < 4.78 is 39.6. The van der Waals surface area contributed by atoms with Crippen molar-refractivity contribution in [2.75, 3.05) is 33.9 Å². The van der Waals surface area contributed by atoms with Crippen molar-refractivity contribution in [3.05, 3.63) is 23.8 Å². The molecule has 1 aromatic rings. The Morgan fingerprint density at radius 2 is 2.07 bits per heavy atom. The molecule has 1 saturated heterocycles. The number of carbonyl (C=O) groups is 1. The van der Waals surface area contributed by atoms with Gasteiger partial charge in [0, 0.05) is 19.6 Å². The molecule has 0 spiro atoms. The second-order valence-corrected chi connectivity index (χ2v) is 6.55. The van der Waals surface area contributed by atoms with Gasteiger partial charge in [-0.05, 0) is 30.5 Å². The zero-order chi connectivity index (χ0) is 20.7. The van der Waals surface area contributed by atoms with Gasteiger partial charge in [0.15, 0.2) is 17.5 Å². The Kier molecular flexibility index (Phi) is 7.83. The maximum absolute atomic E-state index is 12.6. The first-order chi connectivity index (χ1) is 13.4. The van der Waals surface area contributed by atoms with Crippen molar-refractivity contribution < 1.29 is 27.8 Å². The molecule has 2 rings (SSSR count). The number of nitrogens with one attached hydrogen (secondary N) is 1. The van der Waals surface area contributed by atoms with Gasteiger partial charge < -0.3 is 24.4 Å². The first-order valence-electron chi connectivity index (χ1n) is 9.12. The van der Waals surface area contributed by atoms with E-state index in [0.29, 0.717) is 31.2 Å². The number of esters is 1. The van der Waals surface area contributed by atoms with Gasteiger partial charge in [-0.1, -0.05) is 13.0 Å². The van der Waals surface area contributed by atoms with Crippen molar-refractivity contribution in [2.24, 2.45) is 16.8 Å². The molecular formula is C19H27F2N3O4. The van der Waals surface area contributed by atoms with Gasteiger partial charge in [-0.3, -0.25) is 4.79 Å². The highest BCUT2D eigenvalue weighted by Gasteiger charge is 2.36. The van der Waals surface area contributed by atoms with E-state index in [-0.39, 0.29) is 35.8 Å². The second kappa shape index (κ2) is 10.1. The van der Waals surface area contributed by atoms with E-state index < -0.39 is 6.61 Å². The number of halogens is 2. The molecule has 28 heavy (non-hydrogen) atoms. The van der Waals surface area contributed by atoms with Gasteiger partial charge in [0.1, 0.15) is 0 Å². The normalized spacial score (nSPS) is 19.7. The largest absolute Gasteiger partial charge is 0.493 e.